The van der Waals surface area contributed by atoms with E-state index in [9.17, 15) is 0 Å². The van der Waals surface area contributed by atoms with E-state index in [4.69, 9.17) is 34.8 Å². The second kappa shape index (κ2) is 4.82. The molecule has 2 aromatic rings. The van der Waals surface area contributed by atoms with Crippen molar-refractivity contribution in [3.63, 3.8) is 0 Å². The highest BCUT2D eigenvalue weighted by molar-refractivity contribution is 6.32. The number of aromatic nitrogens is 3. The Labute approximate surface area is 107 Å². The Morgan fingerprint density at radius 1 is 1.06 bits per heavy atom. The molecule has 1 heterocycles. The van der Waals surface area contributed by atoms with Crippen LogP contribution in [0.5, 0.6) is 0 Å². The molecule has 0 saturated carbocycles. The lowest BCUT2D eigenvalue weighted by Gasteiger charge is -2.06. The number of hydrogen-bond donors (Lipinski definition) is 1. The van der Waals surface area contributed by atoms with E-state index in [2.05, 4.69) is 20.5 Å². The van der Waals surface area contributed by atoms with Crippen molar-refractivity contribution in [3.05, 3.63) is 39.7 Å². The summed E-state index contributed by atoms with van der Waals surface area (Å²) in [5.74, 6) is 0.337. The number of halogens is 3. The summed E-state index contributed by atoms with van der Waals surface area (Å²) < 4.78 is 0. The van der Waals surface area contributed by atoms with Gasteiger partial charge < -0.3 is 5.32 Å². The molecule has 0 atom stereocenters. The lowest BCUT2D eigenvalue weighted by molar-refractivity contribution is 0.975. The van der Waals surface area contributed by atoms with E-state index >= 15 is 0 Å². The SMILES string of the molecule is Clc1cccc(Nc2nc(Cl)nnc2Cl)c1. The first-order valence-corrected chi connectivity index (χ1v) is 5.37. The Kier molecular flexibility index (Phi) is 3.43. The van der Waals surface area contributed by atoms with Gasteiger partial charge in [-0.2, -0.15) is 4.98 Å². The molecule has 0 aliphatic carbocycles. The zero-order valence-electron chi connectivity index (χ0n) is 7.78. The van der Waals surface area contributed by atoms with Crippen LogP contribution in [0.4, 0.5) is 11.5 Å². The fourth-order valence-corrected chi connectivity index (χ4v) is 1.52. The molecule has 0 bridgehead atoms. The van der Waals surface area contributed by atoms with Gasteiger partial charge in [0.05, 0.1) is 0 Å². The maximum atomic E-state index is 5.83. The maximum absolute atomic E-state index is 5.83. The normalized spacial score (nSPS) is 10.2. The van der Waals surface area contributed by atoms with Crippen LogP contribution in [-0.4, -0.2) is 15.2 Å². The molecule has 16 heavy (non-hydrogen) atoms. The summed E-state index contributed by atoms with van der Waals surface area (Å²) in [5, 5.41) is 10.8. The van der Waals surface area contributed by atoms with Crippen LogP contribution >= 0.6 is 34.8 Å². The molecule has 0 fully saturated rings. The summed E-state index contributed by atoms with van der Waals surface area (Å²) in [6, 6.07) is 7.11. The van der Waals surface area contributed by atoms with Gasteiger partial charge >= 0.3 is 0 Å². The van der Waals surface area contributed by atoms with Crippen LogP contribution in [-0.2, 0) is 0 Å². The minimum Gasteiger partial charge on any atom is -0.337 e. The molecule has 0 unspecified atom stereocenters. The number of benzene rings is 1. The van der Waals surface area contributed by atoms with Gasteiger partial charge in [-0.05, 0) is 29.8 Å². The van der Waals surface area contributed by atoms with Gasteiger partial charge in [-0.25, -0.2) is 0 Å². The van der Waals surface area contributed by atoms with Crippen molar-refractivity contribution in [1.82, 2.24) is 15.2 Å². The van der Waals surface area contributed by atoms with E-state index in [1.54, 1.807) is 18.2 Å². The molecular weight excluding hydrogens is 270 g/mol. The lowest BCUT2D eigenvalue weighted by atomic mass is 10.3. The van der Waals surface area contributed by atoms with Gasteiger partial charge in [0.2, 0.25) is 5.28 Å². The van der Waals surface area contributed by atoms with Crippen molar-refractivity contribution < 1.29 is 0 Å². The Balaban J connectivity index is 2.30. The zero-order chi connectivity index (χ0) is 11.5. The average Bonchev–Trinajstić information content (AvgIpc) is 2.24. The molecule has 0 aliphatic heterocycles. The standard InChI is InChI=1S/C9H5Cl3N4/c10-5-2-1-3-6(4-5)13-8-7(11)15-16-9(12)14-8/h1-4H,(H,13,14,16). The first-order valence-electron chi connectivity index (χ1n) is 4.23. The Bertz CT molecular complexity index is 518. The molecule has 1 aromatic heterocycles. The van der Waals surface area contributed by atoms with Gasteiger partial charge in [0.15, 0.2) is 11.0 Å². The van der Waals surface area contributed by atoms with E-state index in [1.165, 1.54) is 0 Å². The molecule has 0 saturated heterocycles. The Hall–Kier alpha value is -1.10. The molecule has 7 heteroatoms. The van der Waals surface area contributed by atoms with E-state index in [1.807, 2.05) is 6.07 Å². The Morgan fingerprint density at radius 2 is 1.88 bits per heavy atom. The van der Waals surface area contributed by atoms with Crippen LogP contribution in [0.1, 0.15) is 0 Å². The maximum Gasteiger partial charge on any atom is 0.245 e. The fourth-order valence-electron chi connectivity index (χ4n) is 1.08. The third kappa shape index (κ3) is 2.72. The molecule has 0 amide bonds. The predicted molar refractivity (Wildman–Crippen MR) is 64.6 cm³/mol. The lowest BCUT2D eigenvalue weighted by Crippen LogP contribution is -1.98. The highest BCUT2D eigenvalue weighted by atomic mass is 35.5. The van der Waals surface area contributed by atoms with Gasteiger partial charge in [0.1, 0.15) is 0 Å². The van der Waals surface area contributed by atoms with Gasteiger partial charge in [-0.15, -0.1) is 10.2 Å². The molecule has 0 spiro atoms. The van der Waals surface area contributed by atoms with Gasteiger partial charge in [0.25, 0.3) is 0 Å². The first-order chi connectivity index (χ1) is 7.65. The van der Waals surface area contributed by atoms with Crippen molar-refractivity contribution in [2.24, 2.45) is 0 Å². The topological polar surface area (TPSA) is 50.7 Å². The number of hydrogen-bond acceptors (Lipinski definition) is 4. The first kappa shape index (κ1) is 11.4. The highest BCUT2D eigenvalue weighted by Gasteiger charge is 2.06. The van der Waals surface area contributed by atoms with Crippen molar-refractivity contribution in [2.75, 3.05) is 5.32 Å². The molecule has 82 valence electrons. The van der Waals surface area contributed by atoms with Crippen LogP contribution in [0.15, 0.2) is 24.3 Å². The van der Waals surface area contributed by atoms with Crippen LogP contribution in [0.25, 0.3) is 0 Å². The van der Waals surface area contributed by atoms with Crippen LogP contribution in [0, 0.1) is 0 Å². The quantitative estimate of drug-likeness (QED) is 0.910. The minimum atomic E-state index is 0.0222. The van der Waals surface area contributed by atoms with Crippen molar-refractivity contribution in [2.45, 2.75) is 0 Å². The fraction of sp³-hybridized carbons (Fsp3) is 0. The van der Waals surface area contributed by atoms with Gasteiger partial charge in [0, 0.05) is 10.7 Å². The molecule has 0 radical (unpaired) electrons. The number of anilines is 2. The molecular formula is C9H5Cl3N4. The smallest absolute Gasteiger partial charge is 0.245 e. The second-order valence-electron chi connectivity index (χ2n) is 2.86. The van der Waals surface area contributed by atoms with E-state index in [-0.39, 0.29) is 10.4 Å². The van der Waals surface area contributed by atoms with E-state index < -0.39 is 0 Å². The summed E-state index contributed by atoms with van der Waals surface area (Å²) in [6.07, 6.45) is 0. The molecule has 1 N–H and O–H groups in total. The zero-order valence-corrected chi connectivity index (χ0v) is 10.1. The number of nitrogens with one attached hydrogen (secondary N) is 1. The van der Waals surface area contributed by atoms with E-state index in [0.29, 0.717) is 10.8 Å². The van der Waals surface area contributed by atoms with Crippen LogP contribution in [0.3, 0.4) is 0 Å². The van der Waals surface area contributed by atoms with Crippen LogP contribution < -0.4 is 5.32 Å². The van der Waals surface area contributed by atoms with Crippen molar-refractivity contribution in [1.29, 1.82) is 0 Å². The number of nitrogens with zero attached hydrogens (tertiary/aromatic N) is 3. The van der Waals surface area contributed by atoms with Crippen LogP contribution in [0.2, 0.25) is 15.5 Å². The average molecular weight is 276 g/mol. The van der Waals surface area contributed by atoms with Crippen molar-refractivity contribution in [3.8, 4) is 0 Å². The van der Waals surface area contributed by atoms with Gasteiger partial charge in [-0.1, -0.05) is 29.3 Å². The summed E-state index contributed by atoms with van der Waals surface area (Å²) in [5.41, 5.74) is 0.742. The van der Waals surface area contributed by atoms with E-state index in [0.717, 1.165) is 5.69 Å². The molecule has 0 aliphatic rings. The third-order valence-electron chi connectivity index (χ3n) is 1.71. The minimum absolute atomic E-state index is 0.0222. The summed E-state index contributed by atoms with van der Waals surface area (Å²) in [6.45, 7) is 0. The van der Waals surface area contributed by atoms with Crippen molar-refractivity contribution >= 4 is 46.3 Å². The number of rotatable bonds is 2. The summed E-state index contributed by atoms with van der Waals surface area (Å²) in [4.78, 5) is 3.90. The second-order valence-corrected chi connectivity index (χ2v) is 3.99. The molecule has 4 nitrogen and oxygen atoms in total. The monoisotopic (exact) mass is 274 g/mol. The molecule has 2 rings (SSSR count). The highest BCUT2D eigenvalue weighted by Crippen LogP contribution is 2.23. The predicted octanol–water partition coefficient (Wildman–Crippen LogP) is 3.58. The van der Waals surface area contributed by atoms with Gasteiger partial charge in [-0.3, -0.25) is 0 Å². The third-order valence-corrected chi connectivity index (χ3v) is 2.36. The summed E-state index contributed by atoms with van der Waals surface area (Å²) in [7, 11) is 0. The Morgan fingerprint density at radius 3 is 2.62 bits per heavy atom. The summed E-state index contributed by atoms with van der Waals surface area (Å²) >= 11 is 17.2. The largest absolute Gasteiger partial charge is 0.337 e. The molecule has 1 aromatic carbocycles.